The molecule has 0 bridgehead atoms. The molecular formula is C23H24F3NO4. The molecule has 31 heavy (non-hydrogen) atoms. The maximum atomic E-state index is 13.8. The van der Waals surface area contributed by atoms with Crippen molar-refractivity contribution in [2.45, 2.75) is 57.2 Å². The number of esters is 1. The molecule has 1 N–H and O–H groups in total. The molecular weight excluding hydrogens is 411 g/mol. The van der Waals surface area contributed by atoms with Gasteiger partial charge < -0.3 is 14.8 Å². The highest BCUT2D eigenvalue weighted by Crippen LogP contribution is 2.46. The van der Waals surface area contributed by atoms with Gasteiger partial charge in [0.05, 0.1) is 17.2 Å². The summed E-state index contributed by atoms with van der Waals surface area (Å²) in [5.74, 6) is -2.10. The van der Waals surface area contributed by atoms with Gasteiger partial charge in [-0.3, -0.25) is 4.79 Å². The number of ether oxygens (including phenoxy) is 2. The molecule has 4 rings (SSSR count). The van der Waals surface area contributed by atoms with Gasteiger partial charge in [-0.15, -0.1) is 0 Å². The van der Waals surface area contributed by atoms with E-state index in [2.05, 4.69) is 5.32 Å². The second kappa shape index (κ2) is 8.49. The monoisotopic (exact) mass is 435 g/mol. The van der Waals surface area contributed by atoms with Crippen molar-refractivity contribution in [3.63, 3.8) is 0 Å². The number of dihydropyridines is 1. The molecule has 2 aliphatic heterocycles. The summed E-state index contributed by atoms with van der Waals surface area (Å²) in [6.07, 6.45) is -1.81. The standard InChI is InChI=1S/C23H24F3NO4/c1-13-19(22(29)31-12-14-6-5-11-30-14)20(21-17(27-13)9-4-10-18(21)28)15-7-2-3-8-16(15)23(24,25)26/h2-3,7-8,14,20,27H,4-6,9-12H2,1H3/t14-,20-/m1/s1. The predicted octanol–water partition coefficient (Wildman–Crippen LogP) is 4.40. The van der Waals surface area contributed by atoms with Crippen molar-refractivity contribution in [1.82, 2.24) is 5.32 Å². The summed E-state index contributed by atoms with van der Waals surface area (Å²) in [4.78, 5) is 25.9. The van der Waals surface area contributed by atoms with Crippen molar-refractivity contribution in [1.29, 1.82) is 0 Å². The zero-order valence-electron chi connectivity index (χ0n) is 17.2. The lowest BCUT2D eigenvalue weighted by Gasteiger charge is -2.35. The minimum Gasteiger partial charge on any atom is -0.459 e. The molecule has 5 nitrogen and oxygen atoms in total. The average molecular weight is 435 g/mol. The number of hydrogen-bond donors (Lipinski definition) is 1. The first-order valence-electron chi connectivity index (χ1n) is 10.5. The molecule has 166 valence electrons. The molecule has 8 heteroatoms. The Balaban J connectivity index is 1.78. The van der Waals surface area contributed by atoms with Crippen molar-refractivity contribution < 1.29 is 32.2 Å². The van der Waals surface area contributed by atoms with Crippen LogP contribution in [-0.2, 0) is 25.2 Å². The minimum absolute atomic E-state index is 0.0309. The van der Waals surface area contributed by atoms with Crippen LogP contribution in [0.3, 0.4) is 0 Å². The zero-order chi connectivity index (χ0) is 22.2. The summed E-state index contributed by atoms with van der Waals surface area (Å²) in [5.41, 5.74) is 0.313. The molecule has 3 aliphatic rings. The summed E-state index contributed by atoms with van der Waals surface area (Å²) in [6, 6.07) is 5.11. The van der Waals surface area contributed by atoms with Gasteiger partial charge in [0.1, 0.15) is 6.61 Å². The Morgan fingerprint density at radius 3 is 2.71 bits per heavy atom. The smallest absolute Gasteiger partial charge is 0.416 e. The topological polar surface area (TPSA) is 64.6 Å². The Labute approximate surface area is 178 Å². The van der Waals surface area contributed by atoms with Crippen LogP contribution in [0.4, 0.5) is 13.2 Å². The van der Waals surface area contributed by atoms with E-state index in [1.54, 1.807) is 6.92 Å². The van der Waals surface area contributed by atoms with E-state index in [1.165, 1.54) is 18.2 Å². The number of Topliss-reactive ketones (excluding diaryl/α,β-unsaturated/α-hetero) is 1. The maximum Gasteiger partial charge on any atom is 0.416 e. The van der Waals surface area contributed by atoms with Gasteiger partial charge in [0, 0.05) is 35.9 Å². The van der Waals surface area contributed by atoms with Crippen LogP contribution in [0.2, 0.25) is 0 Å². The van der Waals surface area contributed by atoms with Gasteiger partial charge in [-0.05, 0) is 44.2 Å². The Morgan fingerprint density at radius 1 is 1.23 bits per heavy atom. The van der Waals surface area contributed by atoms with E-state index in [4.69, 9.17) is 9.47 Å². The first kappa shape index (κ1) is 21.6. The van der Waals surface area contributed by atoms with E-state index in [0.29, 0.717) is 30.8 Å². The molecule has 1 fully saturated rings. The maximum absolute atomic E-state index is 13.8. The van der Waals surface area contributed by atoms with Gasteiger partial charge >= 0.3 is 12.1 Å². The van der Waals surface area contributed by atoms with Gasteiger partial charge in [0.25, 0.3) is 0 Å². The number of carbonyl (C=O) groups excluding carboxylic acids is 2. The molecule has 2 atom stereocenters. The fraction of sp³-hybridized carbons (Fsp3) is 0.478. The molecule has 2 heterocycles. The molecule has 1 aliphatic carbocycles. The number of hydrogen-bond acceptors (Lipinski definition) is 5. The second-order valence-corrected chi connectivity index (χ2v) is 8.08. The van der Waals surface area contributed by atoms with Crippen molar-refractivity contribution in [2.75, 3.05) is 13.2 Å². The predicted molar refractivity (Wildman–Crippen MR) is 106 cm³/mol. The average Bonchev–Trinajstić information content (AvgIpc) is 3.24. The van der Waals surface area contributed by atoms with E-state index in [-0.39, 0.29) is 41.6 Å². The normalized spacial score (nSPS) is 24.2. The minimum atomic E-state index is -4.62. The number of allylic oxidation sites excluding steroid dienone is 3. The van der Waals surface area contributed by atoms with Crippen LogP contribution in [-0.4, -0.2) is 31.1 Å². The summed E-state index contributed by atoms with van der Waals surface area (Å²) < 4.78 is 52.4. The van der Waals surface area contributed by atoms with E-state index < -0.39 is 23.6 Å². The van der Waals surface area contributed by atoms with Crippen LogP contribution >= 0.6 is 0 Å². The number of halogens is 3. The molecule has 0 saturated carbocycles. The number of alkyl halides is 3. The molecule has 0 spiro atoms. The number of carbonyl (C=O) groups is 2. The third kappa shape index (κ3) is 4.26. The van der Waals surface area contributed by atoms with Crippen molar-refractivity contribution in [3.05, 3.63) is 57.9 Å². The van der Waals surface area contributed by atoms with E-state index in [9.17, 15) is 22.8 Å². The number of benzene rings is 1. The summed E-state index contributed by atoms with van der Waals surface area (Å²) in [5, 5.41) is 3.09. The third-order valence-electron chi connectivity index (χ3n) is 6.00. The quantitative estimate of drug-likeness (QED) is 0.711. The van der Waals surface area contributed by atoms with Crippen molar-refractivity contribution in [3.8, 4) is 0 Å². The molecule has 1 aromatic rings. The number of rotatable bonds is 4. The summed E-state index contributed by atoms with van der Waals surface area (Å²) in [7, 11) is 0. The lowest BCUT2D eigenvalue weighted by molar-refractivity contribution is -0.143. The molecule has 0 aromatic heterocycles. The van der Waals surface area contributed by atoms with Crippen LogP contribution in [0.1, 0.15) is 56.1 Å². The summed E-state index contributed by atoms with van der Waals surface area (Å²) in [6.45, 7) is 2.26. The molecule has 1 aromatic carbocycles. The van der Waals surface area contributed by atoms with Gasteiger partial charge in [0.2, 0.25) is 0 Å². The highest BCUT2D eigenvalue weighted by Gasteiger charge is 2.43. The van der Waals surface area contributed by atoms with Gasteiger partial charge in [0.15, 0.2) is 5.78 Å². The Morgan fingerprint density at radius 2 is 2.00 bits per heavy atom. The third-order valence-corrected chi connectivity index (χ3v) is 6.00. The number of nitrogens with one attached hydrogen (secondary N) is 1. The summed E-state index contributed by atoms with van der Waals surface area (Å²) >= 11 is 0. The van der Waals surface area contributed by atoms with Crippen LogP contribution in [0.15, 0.2) is 46.8 Å². The van der Waals surface area contributed by atoms with E-state index >= 15 is 0 Å². The lowest BCUT2D eigenvalue weighted by Crippen LogP contribution is -2.35. The number of ketones is 1. The molecule has 1 saturated heterocycles. The molecule has 0 amide bonds. The fourth-order valence-corrected chi connectivity index (χ4v) is 4.59. The largest absolute Gasteiger partial charge is 0.459 e. The van der Waals surface area contributed by atoms with Gasteiger partial charge in [-0.1, -0.05) is 18.2 Å². The van der Waals surface area contributed by atoms with Gasteiger partial charge in [-0.25, -0.2) is 4.79 Å². The Hall–Kier alpha value is -2.61. The van der Waals surface area contributed by atoms with Crippen LogP contribution < -0.4 is 5.32 Å². The Kier molecular flexibility index (Phi) is 5.92. The fourth-order valence-electron chi connectivity index (χ4n) is 4.59. The van der Waals surface area contributed by atoms with Crippen LogP contribution in [0.25, 0.3) is 0 Å². The molecule has 0 radical (unpaired) electrons. The second-order valence-electron chi connectivity index (χ2n) is 8.08. The molecule has 0 unspecified atom stereocenters. The van der Waals surface area contributed by atoms with Crippen molar-refractivity contribution in [2.24, 2.45) is 0 Å². The van der Waals surface area contributed by atoms with Gasteiger partial charge in [-0.2, -0.15) is 13.2 Å². The Bertz CT molecular complexity index is 958. The van der Waals surface area contributed by atoms with E-state index in [0.717, 1.165) is 18.9 Å². The highest BCUT2D eigenvalue weighted by molar-refractivity contribution is 6.03. The highest BCUT2D eigenvalue weighted by atomic mass is 19.4. The van der Waals surface area contributed by atoms with Crippen LogP contribution in [0, 0.1) is 0 Å². The first-order valence-corrected chi connectivity index (χ1v) is 10.5. The zero-order valence-corrected chi connectivity index (χ0v) is 17.2. The van der Waals surface area contributed by atoms with Crippen LogP contribution in [0.5, 0.6) is 0 Å². The SMILES string of the molecule is CC1=C(C(=O)OC[C@H]2CCCO2)[C@@H](c2ccccc2C(F)(F)F)C2=C(CCCC2=O)N1. The lowest BCUT2D eigenvalue weighted by atomic mass is 9.74. The first-order chi connectivity index (χ1) is 14.8. The van der Waals surface area contributed by atoms with E-state index in [1.807, 2.05) is 0 Å². The van der Waals surface area contributed by atoms with Crippen molar-refractivity contribution >= 4 is 11.8 Å².